The van der Waals surface area contributed by atoms with Crippen LogP contribution in [-0.2, 0) is 20.7 Å². The highest BCUT2D eigenvalue weighted by molar-refractivity contribution is 5.83. The number of hydrogen-bond donors (Lipinski definition) is 0. The molecule has 0 amide bonds. The van der Waals surface area contributed by atoms with Crippen molar-refractivity contribution in [3.63, 3.8) is 0 Å². The van der Waals surface area contributed by atoms with Crippen molar-refractivity contribution in [3.05, 3.63) is 34.9 Å². The Labute approximate surface area is 138 Å². The number of ether oxygens (including phenoxy) is 2. The van der Waals surface area contributed by atoms with Crippen LogP contribution >= 0.6 is 0 Å². The van der Waals surface area contributed by atoms with Crippen molar-refractivity contribution in [3.8, 4) is 0 Å². The number of benzene rings is 1. The quantitative estimate of drug-likeness (QED) is 0.804. The third kappa shape index (κ3) is 2.90. The molecule has 1 aliphatic heterocycles. The van der Waals surface area contributed by atoms with E-state index in [1.54, 1.807) is 7.11 Å². The molecule has 1 saturated carbocycles. The summed E-state index contributed by atoms with van der Waals surface area (Å²) in [6.45, 7) is 4.21. The van der Waals surface area contributed by atoms with Gasteiger partial charge in [0.15, 0.2) is 6.23 Å². The summed E-state index contributed by atoms with van der Waals surface area (Å²) in [5, 5.41) is 0. The van der Waals surface area contributed by atoms with Gasteiger partial charge in [-0.3, -0.25) is 4.90 Å². The van der Waals surface area contributed by atoms with Gasteiger partial charge in [-0.2, -0.15) is 0 Å². The average molecular weight is 317 g/mol. The third-order valence-corrected chi connectivity index (χ3v) is 5.72. The molecular formula is C19H27NO3. The molecule has 1 aromatic rings. The predicted octanol–water partition coefficient (Wildman–Crippen LogP) is 2.99. The summed E-state index contributed by atoms with van der Waals surface area (Å²) in [6, 6.07) is 6.46. The molecule has 1 atom stereocenters. The lowest BCUT2D eigenvalue weighted by Gasteiger charge is -2.38. The number of cyclic esters (lactones) is 1. The molecule has 1 aliphatic carbocycles. The van der Waals surface area contributed by atoms with Crippen molar-refractivity contribution in [2.24, 2.45) is 0 Å². The van der Waals surface area contributed by atoms with E-state index < -0.39 is 5.54 Å². The maximum atomic E-state index is 12.6. The Morgan fingerprint density at radius 1 is 1.30 bits per heavy atom. The summed E-state index contributed by atoms with van der Waals surface area (Å²) in [5.74, 6) is -0.0511. The number of carbonyl (C=O) groups is 1. The first-order valence-electron chi connectivity index (χ1n) is 8.49. The molecule has 0 aromatic heterocycles. The molecule has 0 bridgehead atoms. The van der Waals surface area contributed by atoms with Crippen LogP contribution in [-0.4, -0.2) is 42.9 Å². The van der Waals surface area contributed by atoms with Gasteiger partial charge < -0.3 is 9.47 Å². The van der Waals surface area contributed by atoms with Gasteiger partial charge in [-0.25, -0.2) is 4.79 Å². The number of aryl methyl sites for hydroxylation is 2. The Morgan fingerprint density at radius 3 is 2.65 bits per heavy atom. The van der Waals surface area contributed by atoms with Crippen LogP contribution in [0.25, 0.3) is 0 Å². The molecule has 2 fully saturated rings. The topological polar surface area (TPSA) is 38.8 Å². The maximum Gasteiger partial charge on any atom is 0.328 e. The molecule has 0 radical (unpaired) electrons. The van der Waals surface area contributed by atoms with Crippen molar-refractivity contribution in [2.45, 2.75) is 63.8 Å². The van der Waals surface area contributed by atoms with Gasteiger partial charge in [0.2, 0.25) is 0 Å². The lowest BCUT2D eigenvalue weighted by molar-refractivity contribution is -0.146. The summed E-state index contributed by atoms with van der Waals surface area (Å²) < 4.78 is 11.2. The molecule has 1 unspecified atom stereocenters. The first-order chi connectivity index (χ1) is 11.0. The van der Waals surface area contributed by atoms with Gasteiger partial charge in [-0.1, -0.05) is 23.8 Å². The zero-order valence-corrected chi connectivity index (χ0v) is 14.6. The number of rotatable bonds is 3. The van der Waals surface area contributed by atoms with E-state index in [2.05, 4.69) is 36.9 Å². The van der Waals surface area contributed by atoms with E-state index in [1.165, 1.54) is 16.7 Å². The van der Waals surface area contributed by atoms with E-state index in [-0.39, 0.29) is 18.3 Å². The van der Waals surface area contributed by atoms with E-state index in [9.17, 15) is 4.79 Å². The first-order valence-corrected chi connectivity index (χ1v) is 8.49. The lowest BCUT2D eigenvalue weighted by Crippen LogP contribution is -2.51. The minimum Gasteiger partial charge on any atom is -0.445 e. The average Bonchev–Trinajstić information content (AvgIpc) is 2.77. The SMILES string of the molecule is CO[C@H]1CC[C@@]2(CC1)C(=O)OC(Cc1cc(C)ccc1C)N2C. The molecule has 0 N–H and O–H groups in total. The van der Waals surface area contributed by atoms with E-state index in [0.29, 0.717) is 0 Å². The molecule has 4 heteroatoms. The second-order valence-corrected chi connectivity index (χ2v) is 7.07. The fourth-order valence-corrected chi connectivity index (χ4v) is 3.98. The van der Waals surface area contributed by atoms with Crippen LogP contribution in [0.5, 0.6) is 0 Å². The zero-order valence-electron chi connectivity index (χ0n) is 14.6. The Bertz CT molecular complexity index is 590. The summed E-state index contributed by atoms with van der Waals surface area (Å²) in [7, 11) is 3.79. The largest absolute Gasteiger partial charge is 0.445 e. The van der Waals surface area contributed by atoms with E-state index in [0.717, 1.165) is 32.1 Å². The normalized spacial score (nSPS) is 31.6. The highest BCUT2D eigenvalue weighted by Gasteiger charge is 2.54. The van der Waals surface area contributed by atoms with Crippen LogP contribution in [0.4, 0.5) is 0 Å². The molecule has 2 aliphatic rings. The van der Waals surface area contributed by atoms with Gasteiger partial charge in [-0.05, 0) is 57.7 Å². The smallest absolute Gasteiger partial charge is 0.328 e. The zero-order chi connectivity index (χ0) is 16.6. The number of likely N-dealkylation sites (N-methyl/N-ethyl adjacent to an activating group) is 1. The Kier molecular flexibility index (Phi) is 4.47. The van der Waals surface area contributed by atoms with Crippen LogP contribution < -0.4 is 0 Å². The van der Waals surface area contributed by atoms with Crippen molar-refractivity contribution in [1.29, 1.82) is 0 Å². The Morgan fingerprint density at radius 2 is 2.00 bits per heavy atom. The fraction of sp³-hybridized carbons (Fsp3) is 0.632. The van der Waals surface area contributed by atoms with Gasteiger partial charge in [0.1, 0.15) is 5.54 Å². The minimum absolute atomic E-state index is 0.0511. The molecule has 1 aromatic carbocycles. The molecule has 1 spiro atoms. The molecule has 23 heavy (non-hydrogen) atoms. The standard InChI is InChI=1S/C19H27NO3/c1-13-5-6-14(2)15(11-13)12-17-20(3)19(18(21)23-17)9-7-16(22-4)8-10-19/h5-6,11,16-17H,7-10,12H2,1-4H3/t16-,17?,19+. The Balaban J connectivity index is 1.76. The minimum atomic E-state index is -0.447. The number of methoxy groups -OCH3 is 1. The molecule has 1 saturated heterocycles. The van der Waals surface area contributed by atoms with Gasteiger partial charge >= 0.3 is 5.97 Å². The van der Waals surface area contributed by atoms with Crippen molar-refractivity contribution < 1.29 is 14.3 Å². The van der Waals surface area contributed by atoms with Gasteiger partial charge in [0.25, 0.3) is 0 Å². The van der Waals surface area contributed by atoms with Gasteiger partial charge in [0, 0.05) is 13.5 Å². The monoisotopic (exact) mass is 317 g/mol. The molecular weight excluding hydrogens is 290 g/mol. The van der Waals surface area contributed by atoms with Gasteiger partial charge in [-0.15, -0.1) is 0 Å². The number of esters is 1. The fourth-order valence-electron chi connectivity index (χ4n) is 3.98. The van der Waals surface area contributed by atoms with Crippen molar-refractivity contribution in [2.75, 3.05) is 14.2 Å². The van der Waals surface area contributed by atoms with Crippen LogP contribution in [0.2, 0.25) is 0 Å². The summed E-state index contributed by atoms with van der Waals surface area (Å²) in [4.78, 5) is 14.8. The third-order valence-electron chi connectivity index (χ3n) is 5.72. The highest BCUT2D eigenvalue weighted by atomic mass is 16.6. The van der Waals surface area contributed by atoms with Crippen LogP contribution in [0.1, 0.15) is 42.4 Å². The molecule has 1 heterocycles. The molecule has 126 valence electrons. The van der Waals surface area contributed by atoms with E-state index in [4.69, 9.17) is 9.47 Å². The number of carbonyl (C=O) groups excluding carboxylic acids is 1. The van der Waals surface area contributed by atoms with Crippen LogP contribution in [0.15, 0.2) is 18.2 Å². The highest BCUT2D eigenvalue weighted by Crippen LogP contribution is 2.41. The van der Waals surface area contributed by atoms with Crippen molar-refractivity contribution >= 4 is 5.97 Å². The molecule has 4 nitrogen and oxygen atoms in total. The number of nitrogens with zero attached hydrogens (tertiary/aromatic N) is 1. The van der Waals surface area contributed by atoms with E-state index >= 15 is 0 Å². The predicted molar refractivity (Wildman–Crippen MR) is 89.3 cm³/mol. The first kappa shape index (κ1) is 16.5. The second kappa shape index (κ2) is 6.25. The van der Waals surface area contributed by atoms with Crippen LogP contribution in [0, 0.1) is 13.8 Å². The Hall–Kier alpha value is -1.39. The molecule has 3 rings (SSSR count). The number of hydrogen-bond acceptors (Lipinski definition) is 4. The van der Waals surface area contributed by atoms with E-state index in [1.807, 2.05) is 7.05 Å². The summed E-state index contributed by atoms with van der Waals surface area (Å²) in [5.41, 5.74) is 3.31. The summed E-state index contributed by atoms with van der Waals surface area (Å²) in [6.07, 6.45) is 4.36. The maximum absolute atomic E-state index is 12.6. The lowest BCUT2D eigenvalue weighted by atomic mass is 9.79. The van der Waals surface area contributed by atoms with Gasteiger partial charge in [0.05, 0.1) is 6.10 Å². The van der Waals surface area contributed by atoms with Crippen molar-refractivity contribution in [1.82, 2.24) is 4.90 Å². The summed E-state index contributed by atoms with van der Waals surface area (Å²) >= 11 is 0. The second-order valence-electron chi connectivity index (χ2n) is 7.07. The van der Waals surface area contributed by atoms with Crippen LogP contribution in [0.3, 0.4) is 0 Å².